The average Bonchev–Trinajstić information content (AvgIpc) is 2.95. The second-order valence-corrected chi connectivity index (χ2v) is 5.19. The Bertz CT molecular complexity index is 403. The van der Waals surface area contributed by atoms with Crippen molar-refractivity contribution >= 4 is 0 Å². The number of benzene rings is 1. The van der Waals surface area contributed by atoms with Gasteiger partial charge in [-0.25, -0.2) is 0 Å². The Hall–Kier alpha value is -1.26. The number of rotatable bonds is 8. The van der Waals surface area contributed by atoms with Gasteiger partial charge in [0.1, 0.15) is 0 Å². The van der Waals surface area contributed by atoms with Gasteiger partial charge in [0.25, 0.3) is 0 Å². The van der Waals surface area contributed by atoms with E-state index >= 15 is 0 Å². The minimum Gasteiger partial charge on any atom is -0.504 e. The molecule has 1 aromatic rings. The van der Waals surface area contributed by atoms with Gasteiger partial charge in [0, 0.05) is 13.1 Å². The third kappa shape index (κ3) is 4.69. The van der Waals surface area contributed by atoms with E-state index in [9.17, 15) is 5.11 Å². The van der Waals surface area contributed by atoms with Crippen molar-refractivity contribution in [3.8, 4) is 11.5 Å². The van der Waals surface area contributed by atoms with Gasteiger partial charge in [-0.3, -0.25) is 0 Å². The van der Waals surface area contributed by atoms with Gasteiger partial charge in [0.2, 0.25) is 0 Å². The molecule has 0 spiro atoms. The van der Waals surface area contributed by atoms with Crippen molar-refractivity contribution in [1.29, 1.82) is 0 Å². The van der Waals surface area contributed by atoms with Gasteiger partial charge in [0.05, 0.1) is 19.3 Å². The molecule has 0 heterocycles. The summed E-state index contributed by atoms with van der Waals surface area (Å²) in [5.74, 6) is 0.745. The summed E-state index contributed by atoms with van der Waals surface area (Å²) in [5, 5.41) is 13.0. The fourth-order valence-electron chi connectivity index (χ4n) is 2.53. The van der Waals surface area contributed by atoms with E-state index in [1.807, 2.05) is 19.1 Å². The number of hydrogen-bond acceptors (Lipinski definition) is 4. The Balaban J connectivity index is 1.66. The molecule has 0 unspecified atom stereocenters. The van der Waals surface area contributed by atoms with Gasteiger partial charge in [-0.2, -0.15) is 0 Å². The number of nitrogens with one attached hydrogen (secondary N) is 1. The van der Waals surface area contributed by atoms with Crippen LogP contribution in [0.4, 0.5) is 0 Å². The van der Waals surface area contributed by atoms with Gasteiger partial charge in [0.15, 0.2) is 11.5 Å². The predicted octanol–water partition coefficient (Wildman–Crippen LogP) is 2.84. The van der Waals surface area contributed by atoms with E-state index in [1.54, 1.807) is 6.07 Å². The Morgan fingerprint density at radius 1 is 1.30 bits per heavy atom. The molecule has 0 radical (unpaired) electrons. The van der Waals surface area contributed by atoms with Crippen molar-refractivity contribution < 1.29 is 14.6 Å². The molecule has 1 aliphatic rings. The smallest absolute Gasteiger partial charge is 0.161 e. The van der Waals surface area contributed by atoms with Crippen LogP contribution in [-0.4, -0.2) is 31.0 Å². The molecule has 0 aliphatic heterocycles. The van der Waals surface area contributed by atoms with E-state index in [0.29, 0.717) is 18.5 Å². The maximum Gasteiger partial charge on any atom is 0.161 e. The molecule has 1 aliphatic carbocycles. The van der Waals surface area contributed by atoms with Gasteiger partial charge in [-0.05, 0) is 37.5 Å². The minimum atomic E-state index is 0.195. The fraction of sp³-hybridized carbons (Fsp3) is 0.625. The molecule has 112 valence electrons. The van der Waals surface area contributed by atoms with Crippen LogP contribution in [0.25, 0.3) is 0 Å². The van der Waals surface area contributed by atoms with E-state index < -0.39 is 0 Å². The third-order valence-corrected chi connectivity index (χ3v) is 3.59. The molecule has 2 rings (SSSR count). The van der Waals surface area contributed by atoms with Crippen LogP contribution in [0.15, 0.2) is 18.2 Å². The number of aromatic hydroxyl groups is 1. The van der Waals surface area contributed by atoms with E-state index in [1.165, 1.54) is 25.7 Å². The highest BCUT2D eigenvalue weighted by atomic mass is 16.5. The van der Waals surface area contributed by atoms with Gasteiger partial charge < -0.3 is 19.9 Å². The van der Waals surface area contributed by atoms with Gasteiger partial charge in [-0.1, -0.05) is 18.9 Å². The van der Waals surface area contributed by atoms with Crippen LogP contribution in [0.1, 0.15) is 38.2 Å². The Kier molecular flexibility index (Phi) is 6.15. The molecule has 1 aromatic carbocycles. The summed E-state index contributed by atoms with van der Waals surface area (Å²) in [6, 6.07) is 5.46. The monoisotopic (exact) mass is 279 g/mol. The lowest BCUT2D eigenvalue weighted by molar-refractivity contribution is 0.0602. The Morgan fingerprint density at radius 3 is 2.85 bits per heavy atom. The van der Waals surface area contributed by atoms with Crippen LogP contribution < -0.4 is 10.1 Å². The quantitative estimate of drug-likeness (QED) is 0.718. The zero-order valence-electron chi connectivity index (χ0n) is 12.2. The first-order chi connectivity index (χ1) is 9.79. The van der Waals surface area contributed by atoms with Crippen LogP contribution in [0.2, 0.25) is 0 Å². The summed E-state index contributed by atoms with van der Waals surface area (Å²) >= 11 is 0. The van der Waals surface area contributed by atoms with Crippen molar-refractivity contribution in [3.63, 3.8) is 0 Å². The zero-order valence-corrected chi connectivity index (χ0v) is 12.2. The standard InChI is InChI=1S/C16H25NO3/c1-2-19-16-11-13(7-8-15(16)18)12-17-9-10-20-14-5-3-4-6-14/h7-8,11,14,17-18H,2-6,9-10,12H2,1H3. The lowest BCUT2D eigenvalue weighted by Gasteiger charge is -2.12. The Labute approximate surface area is 121 Å². The van der Waals surface area contributed by atoms with Crippen LogP contribution in [-0.2, 0) is 11.3 Å². The molecule has 20 heavy (non-hydrogen) atoms. The molecular formula is C16H25NO3. The summed E-state index contributed by atoms with van der Waals surface area (Å²) < 4.78 is 11.2. The summed E-state index contributed by atoms with van der Waals surface area (Å²) in [7, 11) is 0. The van der Waals surface area contributed by atoms with E-state index in [-0.39, 0.29) is 5.75 Å². The highest BCUT2D eigenvalue weighted by Gasteiger charge is 2.14. The van der Waals surface area contributed by atoms with Crippen LogP contribution in [0.3, 0.4) is 0 Å². The largest absolute Gasteiger partial charge is 0.504 e. The molecule has 1 saturated carbocycles. The molecule has 4 heteroatoms. The molecule has 0 aromatic heterocycles. The van der Waals surface area contributed by atoms with Crippen molar-refractivity contribution in [2.24, 2.45) is 0 Å². The van der Waals surface area contributed by atoms with Crippen molar-refractivity contribution in [2.75, 3.05) is 19.8 Å². The molecular weight excluding hydrogens is 254 g/mol. The van der Waals surface area contributed by atoms with Crippen LogP contribution in [0.5, 0.6) is 11.5 Å². The lowest BCUT2D eigenvalue weighted by atomic mass is 10.2. The van der Waals surface area contributed by atoms with E-state index in [0.717, 1.165) is 25.3 Å². The maximum atomic E-state index is 9.63. The van der Waals surface area contributed by atoms with E-state index in [4.69, 9.17) is 9.47 Å². The SMILES string of the molecule is CCOc1cc(CNCCOC2CCCC2)ccc1O. The molecule has 1 fully saturated rings. The molecule has 0 amide bonds. The summed E-state index contributed by atoms with van der Waals surface area (Å²) in [4.78, 5) is 0. The molecule has 0 atom stereocenters. The number of phenolic OH excluding ortho intramolecular Hbond substituents is 1. The summed E-state index contributed by atoms with van der Waals surface area (Å²) in [5.41, 5.74) is 1.10. The minimum absolute atomic E-state index is 0.195. The van der Waals surface area contributed by atoms with Crippen molar-refractivity contribution in [2.45, 2.75) is 45.3 Å². The van der Waals surface area contributed by atoms with Gasteiger partial charge >= 0.3 is 0 Å². The zero-order chi connectivity index (χ0) is 14.2. The van der Waals surface area contributed by atoms with Crippen molar-refractivity contribution in [3.05, 3.63) is 23.8 Å². The summed E-state index contributed by atoms with van der Waals surface area (Å²) in [6.07, 6.45) is 5.54. The highest BCUT2D eigenvalue weighted by molar-refractivity contribution is 5.41. The van der Waals surface area contributed by atoms with Crippen LogP contribution in [0, 0.1) is 0 Å². The predicted molar refractivity (Wildman–Crippen MR) is 79.2 cm³/mol. The number of hydrogen-bond donors (Lipinski definition) is 2. The fourth-order valence-corrected chi connectivity index (χ4v) is 2.53. The number of phenols is 1. The second kappa shape index (κ2) is 8.12. The van der Waals surface area contributed by atoms with E-state index in [2.05, 4.69) is 5.32 Å². The first-order valence-electron chi connectivity index (χ1n) is 7.56. The lowest BCUT2D eigenvalue weighted by Crippen LogP contribution is -2.21. The van der Waals surface area contributed by atoms with Crippen LogP contribution >= 0.6 is 0 Å². The van der Waals surface area contributed by atoms with Gasteiger partial charge in [-0.15, -0.1) is 0 Å². The first kappa shape index (κ1) is 15.1. The molecule has 4 nitrogen and oxygen atoms in total. The molecule has 0 bridgehead atoms. The maximum absolute atomic E-state index is 9.63. The number of ether oxygens (including phenoxy) is 2. The normalized spacial score (nSPS) is 15.7. The molecule has 0 saturated heterocycles. The Morgan fingerprint density at radius 2 is 2.10 bits per heavy atom. The van der Waals surface area contributed by atoms with Crippen molar-refractivity contribution in [1.82, 2.24) is 5.32 Å². The second-order valence-electron chi connectivity index (χ2n) is 5.19. The topological polar surface area (TPSA) is 50.7 Å². The summed E-state index contributed by atoms with van der Waals surface area (Å²) in [6.45, 7) is 4.83. The third-order valence-electron chi connectivity index (χ3n) is 3.59. The average molecular weight is 279 g/mol. The highest BCUT2D eigenvalue weighted by Crippen LogP contribution is 2.26. The molecule has 2 N–H and O–H groups in total. The first-order valence-corrected chi connectivity index (χ1v) is 7.56.